The molecular formula is C19H20N2O5. The Morgan fingerprint density at radius 2 is 1.92 bits per heavy atom. The van der Waals surface area contributed by atoms with Crippen LogP contribution in [-0.4, -0.2) is 54.8 Å². The van der Waals surface area contributed by atoms with Gasteiger partial charge < -0.3 is 24.8 Å². The number of aliphatic carboxylic acids is 1. The van der Waals surface area contributed by atoms with Crippen molar-refractivity contribution in [1.29, 1.82) is 0 Å². The molecule has 0 saturated carbocycles. The quantitative estimate of drug-likeness (QED) is 0.855. The molecule has 2 aromatic rings. The highest BCUT2D eigenvalue weighted by Crippen LogP contribution is 2.24. The number of carbonyl (C=O) groups excluding carboxylic acids is 1. The number of carboxylic acid groups (broad SMARTS) is 1. The standard InChI is InChI=1S/C19H20N2O5/c1-25-14-8-6-13(7-9-14)20-16-5-3-2-4-15(16)18(22)21-10-11-26-17(12-21)19(23)24/h2-9,17,20H,10-12H2,1H3,(H,23,24)/t17-/m1/s1. The normalized spacial score (nSPS) is 16.8. The molecule has 1 aliphatic rings. The minimum Gasteiger partial charge on any atom is -0.497 e. The van der Waals surface area contributed by atoms with Crippen LogP contribution >= 0.6 is 0 Å². The second kappa shape index (κ2) is 7.88. The lowest BCUT2D eigenvalue weighted by molar-refractivity contribution is -0.154. The summed E-state index contributed by atoms with van der Waals surface area (Å²) < 4.78 is 10.3. The highest BCUT2D eigenvalue weighted by Gasteiger charge is 2.30. The van der Waals surface area contributed by atoms with E-state index in [1.807, 2.05) is 36.4 Å². The Bertz CT molecular complexity index is 791. The van der Waals surface area contributed by atoms with Crippen LogP contribution in [-0.2, 0) is 9.53 Å². The predicted molar refractivity (Wildman–Crippen MR) is 96.0 cm³/mol. The van der Waals surface area contributed by atoms with Gasteiger partial charge in [0.2, 0.25) is 0 Å². The summed E-state index contributed by atoms with van der Waals surface area (Å²) in [5.41, 5.74) is 1.95. The van der Waals surface area contributed by atoms with Crippen molar-refractivity contribution in [2.24, 2.45) is 0 Å². The molecule has 136 valence electrons. The summed E-state index contributed by atoms with van der Waals surface area (Å²) in [6.07, 6.45) is -0.991. The summed E-state index contributed by atoms with van der Waals surface area (Å²) in [6.45, 7) is 0.599. The number of para-hydroxylation sites is 1. The van der Waals surface area contributed by atoms with Gasteiger partial charge in [-0.3, -0.25) is 4.79 Å². The fourth-order valence-corrected chi connectivity index (χ4v) is 2.76. The van der Waals surface area contributed by atoms with Crippen LogP contribution in [0.2, 0.25) is 0 Å². The van der Waals surface area contributed by atoms with Crippen molar-refractivity contribution in [3.8, 4) is 5.75 Å². The van der Waals surface area contributed by atoms with Gasteiger partial charge in [-0.2, -0.15) is 0 Å². The number of nitrogens with one attached hydrogen (secondary N) is 1. The average molecular weight is 356 g/mol. The SMILES string of the molecule is COc1ccc(Nc2ccccc2C(=O)N2CCO[C@@H](C(=O)O)C2)cc1. The van der Waals surface area contributed by atoms with Gasteiger partial charge >= 0.3 is 5.97 Å². The van der Waals surface area contributed by atoms with Gasteiger partial charge in [-0.15, -0.1) is 0 Å². The van der Waals surface area contributed by atoms with Crippen LogP contribution in [0.25, 0.3) is 0 Å². The Hall–Kier alpha value is -3.06. The van der Waals surface area contributed by atoms with Gasteiger partial charge in [-0.25, -0.2) is 4.79 Å². The maximum absolute atomic E-state index is 12.9. The van der Waals surface area contributed by atoms with E-state index in [9.17, 15) is 9.59 Å². The first-order valence-corrected chi connectivity index (χ1v) is 8.22. The Labute approximate surface area is 151 Å². The molecule has 0 unspecified atom stereocenters. The smallest absolute Gasteiger partial charge is 0.334 e. The van der Waals surface area contributed by atoms with Crippen molar-refractivity contribution in [1.82, 2.24) is 4.90 Å². The summed E-state index contributed by atoms with van der Waals surface area (Å²) in [5.74, 6) is -0.545. The van der Waals surface area contributed by atoms with Gasteiger partial charge in [-0.1, -0.05) is 12.1 Å². The topological polar surface area (TPSA) is 88.1 Å². The number of carboxylic acids is 1. The summed E-state index contributed by atoms with van der Waals surface area (Å²) in [5, 5.41) is 12.3. The number of methoxy groups -OCH3 is 1. The fraction of sp³-hybridized carbons (Fsp3) is 0.263. The van der Waals surface area contributed by atoms with Gasteiger partial charge in [-0.05, 0) is 36.4 Å². The molecule has 26 heavy (non-hydrogen) atoms. The summed E-state index contributed by atoms with van der Waals surface area (Å²) >= 11 is 0. The van der Waals surface area contributed by atoms with E-state index in [2.05, 4.69) is 5.32 Å². The third-order valence-electron chi connectivity index (χ3n) is 4.16. The van der Waals surface area contributed by atoms with Crippen molar-refractivity contribution >= 4 is 23.3 Å². The summed E-state index contributed by atoms with van der Waals surface area (Å²) in [4.78, 5) is 25.5. The number of morpholine rings is 1. The van der Waals surface area contributed by atoms with Crippen molar-refractivity contribution in [3.05, 3.63) is 54.1 Å². The second-order valence-electron chi connectivity index (χ2n) is 5.85. The molecule has 7 heteroatoms. The van der Waals surface area contributed by atoms with E-state index in [1.54, 1.807) is 19.2 Å². The van der Waals surface area contributed by atoms with E-state index in [-0.39, 0.29) is 19.1 Å². The lowest BCUT2D eigenvalue weighted by Gasteiger charge is -2.31. The number of amides is 1. The number of carbonyl (C=O) groups is 2. The zero-order valence-corrected chi connectivity index (χ0v) is 14.3. The maximum Gasteiger partial charge on any atom is 0.334 e. The Kier molecular flexibility index (Phi) is 5.38. The van der Waals surface area contributed by atoms with Gasteiger partial charge in [0.15, 0.2) is 6.10 Å². The minimum atomic E-state index is -1.06. The van der Waals surface area contributed by atoms with Crippen LogP contribution < -0.4 is 10.1 Å². The monoisotopic (exact) mass is 356 g/mol. The Balaban J connectivity index is 1.79. The third kappa shape index (κ3) is 3.94. The number of hydrogen-bond donors (Lipinski definition) is 2. The predicted octanol–water partition coefficient (Wildman–Crippen LogP) is 2.36. The molecule has 0 bridgehead atoms. The highest BCUT2D eigenvalue weighted by atomic mass is 16.5. The highest BCUT2D eigenvalue weighted by molar-refractivity contribution is 6.00. The van der Waals surface area contributed by atoms with Crippen molar-refractivity contribution in [3.63, 3.8) is 0 Å². The van der Waals surface area contributed by atoms with Crippen LogP contribution in [0, 0.1) is 0 Å². The van der Waals surface area contributed by atoms with E-state index < -0.39 is 12.1 Å². The lowest BCUT2D eigenvalue weighted by atomic mass is 10.1. The molecule has 0 aromatic heterocycles. The van der Waals surface area contributed by atoms with Crippen LogP contribution in [0.4, 0.5) is 11.4 Å². The van der Waals surface area contributed by atoms with E-state index in [0.29, 0.717) is 17.8 Å². The molecule has 1 aliphatic heterocycles. The van der Waals surface area contributed by atoms with E-state index >= 15 is 0 Å². The molecule has 1 heterocycles. The molecule has 1 saturated heterocycles. The first-order chi connectivity index (χ1) is 12.6. The van der Waals surface area contributed by atoms with Gasteiger partial charge in [0.1, 0.15) is 5.75 Å². The number of anilines is 2. The minimum absolute atomic E-state index is 0.0328. The molecule has 7 nitrogen and oxygen atoms in total. The van der Waals surface area contributed by atoms with Gasteiger partial charge in [0.05, 0.1) is 31.5 Å². The van der Waals surface area contributed by atoms with Crippen molar-refractivity contribution < 1.29 is 24.2 Å². The summed E-state index contributed by atoms with van der Waals surface area (Å²) in [6, 6.07) is 14.5. The number of ether oxygens (including phenoxy) is 2. The van der Waals surface area contributed by atoms with Crippen molar-refractivity contribution in [2.75, 3.05) is 32.1 Å². The van der Waals surface area contributed by atoms with E-state index in [0.717, 1.165) is 11.4 Å². The molecule has 0 aliphatic carbocycles. The fourth-order valence-electron chi connectivity index (χ4n) is 2.76. The van der Waals surface area contributed by atoms with Crippen LogP contribution in [0.5, 0.6) is 5.75 Å². The maximum atomic E-state index is 12.9. The number of nitrogens with zero attached hydrogens (tertiary/aromatic N) is 1. The van der Waals surface area contributed by atoms with E-state index in [4.69, 9.17) is 14.6 Å². The number of rotatable bonds is 5. The molecule has 0 spiro atoms. The average Bonchev–Trinajstić information content (AvgIpc) is 2.68. The van der Waals surface area contributed by atoms with E-state index in [1.165, 1.54) is 4.90 Å². The number of hydrogen-bond acceptors (Lipinski definition) is 5. The molecule has 0 radical (unpaired) electrons. The second-order valence-corrected chi connectivity index (χ2v) is 5.85. The number of benzene rings is 2. The van der Waals surface area contributed by atoms with Gasteiger partial charge in [0.25, 0.3) is 5.91 Å². The molecule has 3 rings (SSSR count). The lowest BCUT2D eigenvalue weighted by Crippen LogP contribution is -2.48. The molecule has 2 aromatic carbocycles. The zero-order valence-electron chi connectivity index (χ0n) is 14.3. The van der Waals surface area contributed by atoms with Crippen LogP contribution in [0.15, 0.2) is 48.5 Å². The van der Waals surface area contributed by atoms with Crippen molar-refractivity contribution in [2.45, 2.75) is 6.10 Å². The molecule has 1 fully saturated rings. The largest absolute Gasteiger partial charge is 0.497 e. The molecule has 1 atom stereocenters. The zero-order chi connectivity index (χ0) is 18.5. The van der Waals surface area contributed by atoms with Crippen LogP contribution in [0.1, 0.15) is 10.4 Å². The molecular weight excluding hydrogens is 336 g/mol. The first kappa shape index (κ1) is 17.8. The third-order valence-corrected chi connectivity index (χ3v) is 4.16. The first-order valence-electron chi connectivity index (χ1n) is 8.22. The Morgan fingerprint density at radius 1 is 1.19 bits per heavy atom. The molecule has 2 N–H and O–H groups in total. The Morgan fingerprint density at radius 3 is 2.62 bits per heavy atom. The van der Waals surface area contributed by atoms with Crippen LogP contribution in [0.3, 0.4) is 0 Å². The van der Waals surface area contributed by atoms with Gasteiger partial charge in [0, 0.05) is 12.2 Å². The summed E-state index contributed by atoms with van der Waals surface area (Å²) in [7, 11) is 1.60. The molecule has 1 amide bonds.